The first-order valence-corrected chi connectivity index (χ1v) is 41.5. The Kier molecular flexibility index (Phi) is 34.5. The molecule has 4 aliphatic rings. The Morgan fingerprint density at radius 3 is 1.04 bits per heavy atom. The molecule has 104 heavy (non-hydrogen) atoms. The fraction of sp³-hybridized carbons (Fsp3) is 0.785. The highest BCUT2D eigenvalue weighted by Gasteiger charge is 2.41. The number of carbonyl (C=O) groups is 2. The highest BCUT2D eigenvalue weighted by molar-refractivity contribution is 5.70. The van der Waals surface area contributed by atoms with Crippen LogP contribution in [0.4, 0.5) is 0 Å². The van der Waals surface area contributed by atoms with E-state index >= 15 is 0 Å². The van der Waals surface area contributed by atoms with Gasteiger partial charge in [-0.05, 0) is 214 Å². The van der Waals surface area contributed by atoms with Crippen LogP contribution in [0, 0.1) is 11.8 Å². The van der Waals surface area contributed by atoms with E-state index in [1.165, 1.54) is 81.8 Å². The van der Waals surface area contributed by atoms with E-state index in [1.807, 2.05) is 0 Å². The van der Waals surface area contributed by atoms with Crippen LogP contribution in [-0.4, -0.2) is 74.8 Å². The Labute approximate surface area is 640 Å². The topological polar surface area (TPSA) is 156 Å². The molecule has 3 saturated heterocycles. The lowest BCUT2D eigenvalue weighted by Gasteiger charge is -2.46. The number of phenols is 3. The van der Waals surface area contributed by atoms with Crippen molar-refractivity contribution >= 4 is 11.9 Å². The molecule has 3 heterocycles. The summed E-state index contributed by atoms with van der Waals surface area (Å²) in [6, 6.07) is 13.2. The number of aromatic hydroxyl groups is 3. The van der Waals surface area contributed by atoms with E-state index in [0.717, 1.165) is 142 Å². The van der Waals surface area contributed by atoms with Gasteiger partial charge >= 0.3 is 11.9 Å². The summed E-state index contributed by atoms with van der Waals surface area (Å²) in [5.41, 5.74) is 9.70. The van der Waals surface area contributed by atoms with Crippen molar-refractivity contribution in [2.24, 2.45) is 11.8 Å². The molecule has 4 fully saturated rings. The Hall–Kier alpha value is -4.16. The molecule has 0 atom stereocenters. The lowest BCUT2D eigenvalue weighted by atomic mass is 9.73. The highest BCUT2D eigenvalue weighted by Crippen LogP contribution is 2.47. The minimum atomic E-state index is -0.332. The third kappa shape index (κ3) is 31.1. The quantitative estimate of drug-likeness (QED) is 0.0455. The summed E-state index contributed by atoms with van der Waals surface area (Å²) in [5.74, 6) is 3.38. The zero-order chi connectivity index (χ0) is 78.8. The average molecular weight is 1450 g/mol. The van der Waals surface area contributed by atoms with Gasteiger partial charge in [-0.2, -0.15) is 0 Å². The summed E-state index contributed by atoms with van der Waals surface area (Å²) in [4.78, 5) is 24.6. The van der Waals surface area contributed by atoms with Crippen LogP contribution >= 0.6 is 0 Å². The Bertz CT molecular complexity index is 2800. The van der Waals surface area contributed by atoms with Crippen molar-refractivity contribution in [3.63, 3.8) is 0 Å². The number of hydrogen-bond donors (Lipinski definition) is 5. The van der Waals surface area contributed by atoms with Crippen molar-refractivity contribution in [2.75, 3.05) is 13.2 Å². The van der Waals surface area contributed by atoms with Gasteiger partial charge in [0.25, 0.3) is 0 Å². The predicted molar refractivity (Wildman–Crippen MR) is 441 cm³/mol. The summed E-state index contributed by atoms with van der Waals surface area (Å²) in [6.45, 7) is 64.6. The Morgan fingerprint density at radius 2 is 0.712 bits per heavy atom. The molecular formula is C93H162N2O9. The van der Waals surface area contributed by atoms with Gasteiger partial charge in [0.15, 0.2) is 6.29 Å². The van der Waals surface area contributed by atoms with Gasteiger partial charge in [-0.1, -0.05) is 240 Å². The zero-order valence-electron chi connectivity index (χ0n) is 72.5. The lowest BCUT2D eigenvalue weighted by Crippen LogP contribution is -2.59. The van der Waals surface area contributed by atoms with Crippen LogP contribution in [0.2, 0.25) is 0 Å². The van der Waals surface area contributed by atoms with Crippen molar-refractivity contribution in [3.8, 4) is 17.2 Å². The monoisotopic (exact) mass is 1450 g/mol. The molecule has 1 saturated carbocycles. The van der Waals surface area contributed by atoms with Gasteiger partial charge in [0.1, 0.15) is 29.5 Å². The minimum absolute atomic E-state index is 0. The molecule has 598 valence electrons. The molecule has 7 rings (SSSR count). The molecule has 0 bridgehead atoms. The Morgan fingerprint density at radius 1 is 0.413 bits per heavy atom. The SMILES string of the molecule is CC1(C)CC(OC(=O)CCCCCCCCC(=O)OC2CC(C)(C)NC(C)(C)C2)CC(C)(C)N1.CCCC1CCC(c2cc(C(C)(C)C)c(O)c(C(C)(C)C)c2)CC1.CCCC1COC(c2cc(C(C)(C)C)c(O)c(C(C)(C)C)c2)OC1.CCCCCCCc1cc(C(C)(C)C)c(O)c(C(C)(C)C)c1.[HH]. The molecule has 0 radical (unpaired) electrons. The van der Waals surface area contributed by atoms with E-state index in [-0.39, 0.29) is 86.5 Å². The number of carbonyl (C=O) groups excluding carboxylic acids is 2. The molecule has 0 spiro atoms. The molecule has 1 aliphatic carbocycles. The first-order chi connectivity index (χ1) is 47.7. The zero-order valence-corrected chi connectivity index (χ0v) is 72.5. The summed E-state index contributed by atoms with van der Waals surface area (Å²) in [6.07, 6.45) is 28.1. The number of benzene rings is 3. The van der Waals surface area contributed by atoms with Gasteiger partial charge in [0, 0.05) is 73.6 Å². The smallest absolute Gasteiger partial charge is 0.306 e. The van der Waals surface area contributed by atoms with E-state index in [2.05, 4.69) is 248 Å². The van der Waals surface area contributed by atoms with Crippen molar-refractivity contribution in [3.05, 3.63) is 86.5 Å². The highest BCUT2D eigenvalue weighted by atomic mass is 16.7. The third-order valence-corrected chi connectivity index (χ3v) is 21.7. The molecular weight excluding hydrogens is 1290 g/mol. The molecule has 3 aliphatic heterocycles. The average Bonchev–Trinajstić information content (AvgIpc) is 0.770. The van der Waals surface area contributed by atoms with Crippen LogP contribution in [0.25, 0.3) is 0 Å². The van der Waals surface area contributed by atoms with Gasteiger partial charge in [-0.25, -0.2) is 0 Å². The second kappa shape index (κ2) is 39.0. The molecule has 3 aromatic carbocycles. The summed E-state index contributed by atoms with van der Waals surface area (Å²) < 4.78 is 23.6. The van der Waals surface area contributed by atoms with Crippen molar-refractivity contribution in [2.45, 2.75) is 447 Å². The number of aryl methyl sites for hydroxylation is 1. The van der Waals surface area contributed by atoms with E-state index < -0.39 is 0 Å². The lowest BCUT2D eigenvalue weighted by molar-refractivity contribution is -0.206. The van der Waals surface area contributed by atoms with E-state index in [9.17, 15) is 24.9 Å². The molecule has 0 amide bonds. The van der Waals surface area contributed by atoms with E-state index in [0.29, 0.717) is 41.9 Å². The molecule has 11 nitrogen and oxygen atoms in total. The normalized spacial score (nSPS) is 20.9. The fourth-order valence-electron chi connectivity index (χ4n) is 16.7. The van der Waals surface area contributed by atoms with E-state index in [1.54, 1.807) is 0 Å². The number of hydrogen-bond acceptors (Lipinski definition) is 11. The van der Waals surface area contributed by atoms with Crippen LogP contribution in [0.3, 0.4) is 0 Å². The second-order valence-corrected chi connectivity index (χ2v) is 41.2. The van der Waals surface area contributed by atoms with Gasteiger partial charge < -0.3 is 44.9 Å². The number of rotatable bonds is 23. The van der Waals surface area contributed by atoms with Crippen LogP contribution in [0.1, 0.15) is 425 Å². The van der Waals surface area contributed by atoms with Gasteiger partial charge in [-0.3, -0.25) is 9.59 Å². The summed E-state index contributed by atoms with van der Waals surface area (Å²) >= 11 is 0. The summed E-state index contributed by atoms with van der Waals surface area (Å²) in [5, 5.41) is 39.7. The second-order valence-electron chi connectivity index (χ2n) is 41.2. The first-order valence-electron chi connectivity index (χ1n) is 41.5. The number of phenolic OH excluding ortho intramolecular Hbond substituents is 3. The largest absolute Gasteiger partial charge is 0.507 e. The van der Waals surface area contributed by atoms with Crippen molar-refractivity contribution < 1.29 is 45.3 Å². The van der Waals surface area contributed by atoms with Crippen LogP contribution in [0.5, 0.6) is 17.2 Å². The van der Waals surface area contributed by atoms with Crippen LogP contribution < -0.4 is 10.6 Å². The van der Waals surface area contributed by atoms with E-state index in [4.69, 9.17) is 18.9 Å². The molecule has 3 aromatic rings. The maximum atomic E-state index is 12.3. The van der Waals surface area contributed by atoms with Crippen molar-refractivity contribution in [1.29, 1.82) is 0 Å². The number of unbranched alkanes of at least 4 members (excludes halogenated alkanes) is 9. The van der Waals surface area contributed by atoms with Gasteiger partial charge in [0.05, 0.1) is 13.2 Å². The van der Waals surface area contributed by atoms with Crippen LogP contribution in [0.15, 0.2) is 36.4 Å². The third-order valence-electron chi connectivity index (χ3n) is 21.7. The minimum Gasteiger partial charge on any atom is -0.507 e. The van der Waals surface area contributed by atoms with Crippen LogP contribution in [-0.2, 0) is 67.4 Å². The molecule has 11 heteroatoms. The maximum absolute atomic E-state index is 12.3. The maximum Gasteiger partial charge on any atom is 0.306 e. The van der Waals surface area contributed by atoms with Gasteiger partial charge in [0.2, 0.25) is 0 Å². The Balaban J connectivity index is 0.000000368. The molecule has 0 unspecified atom stereocenters. The predicted octanol–water partition coefficient (Wildman–Crippen LogP) is 25.1. The fourth-order valence-corrected chi connectivity index (χ4v) is 16.7. The number of esters is 2. The van der Waals surface area contributed by atoms with Gasteiger partial charge in [-0.15, -0.1) is 0 Å². The standard InChI is InChI=1S/C28H52N2O4.C23H38O.C21H34O3.C21H36O.H2/c1-25(2)17-21(18-26(3,4)29-25)33-23(31)15-13-11-9-10-12-14-16-24(32)34-22-19-27(5,6)30-28(7,8)20-22;1-8-9-16-10-12-17(13-11-16)18-14-19(22(2,3)4)21(24)20(15-18)23(5,6)7;1-8-9-14-12-23-19(24-13-14)15-10-16(20(2,3)4)18(22)17(11-15)21(5,6)7;1-8-9-10-11-12-13-16-14-17(20(2,3)4)19(22)18(15-16)21(5,6)7;/h21-22,29-30H,9-20H2,1-8H3;14-17,24H,8-13H2,1-7H3;10-11,14,19,22H,8-9,12-13H2,1-7H3;14-15,22H,8-13H2,1-7H3;1H. The number of piperidine rings is 2. The molecule has 5 N–H and O–H groups in total. The number of ether oxygens (including phenoxy) is 4. The first kappa shape index (κ1) is 92.2. The summed E-state index contributed by atoms with van der Waals surface area (Å²) in [7, 11) is 0. The number of nitrogens with one attached hydrogen (secondary N) is 2. The molecule has 0 aromatic heterocycles. The van der Waals surface area contributed by atoms with Crippen molar-refractivity contribution in [1.82, 2.24) is 10.6 Å².